The third-order valence-corrected chi connectivity index (χ3v) is 7.42. The van der Waals surface area contributed by atoms with Gasteiger partial charge in [0.05, 0.1) is 21.9 Å². The van der Waals surface area contributed by atoms with Gasteiger partial charge in [-0.3, -0.25) is 4.79 Å². The number of sulfonamides is 1. The first-order valence-electron chi connectivity index (χ1n) is 7.85. The number of halogens is 1. The number of methoxy groups -OCH3 is 1. The summed E-state index contributed by atoms with van der Waals surface area (Å²) in [6.07, 6.45) is 1.06. The molecule has 0 aliphatic carbocycles. The Labute approximate surface area is 156 Å². The minimum Gasteiger partial charge on any atom is -0.495 e. The summed E-state index contributed by atoms with van der Waals surface area (Å²) in [5, 5.41) is 2.13. The highest BCUT2D eigenvalue weighted by molar-refractivity contribution is 7.89. The number of hydrogen-bond donors (Lipinski definition) is 0. The van der Waals surface area contributed by atoms with Crippen LogP contribution in [0.2, 0.25) is 5.02 Å². The first kappa shape index (κ1) is 18.4. The number of nitrogens with zero attached hydrogens (tertiary/aromatic N) is 1. The van der Waals surface area contributed by atoms with Crippen molar-refractivity contribution in [2.24, 2.45) is 5.92 Å². The minimum absolute atomic E-state index is 0.111. The molecule has 1 aliphatic rings. The minimum atomic E-state index is -3.63. The third-order valence-electron chi connectivity index (χ3n) is 4.35. The van der Waals surface area contributed by atoms with Crippen molar-refractivity contribution in [1.29, 1.82) is 0 Å². The molecule has 0 radical (unpaired) electrons. The summed E-state index contributed by atoms with van der Waals surface area (Å²) in [6.45, 7) is 0.654. The van der Waals surface area contributed by atoms with Crippen LogP contribution in [-0.2, 0) is 10.0 Å². The summed E-state index contributed by atoms with van der Waals surface area (Å²) in [6, 6.07) is 8.10. The lowest BCUT2D eigenvalue weighted by atomic mass is 9.93. The molecule has 0 bridgehead atoms. The molecule has 1 fully saturated rings. The Bertz CT molecular complexity index is 857. The lowest BCUT2D eigenvalue weighted by Crippen LogP contribution is -2.40. The molecule has 0 atom stereocenters. The number of ether oxygens (including phenoxy) is 1. The Balaban J connectivity index is 1.71. The third kappa shape index (κ3) is 3.74. The van der Waals surface area contributed by atoms with Gasteiger partial charge in [0.1, 0.15) is 5.75 Å². The van der Waals surface area contributed by atoms with E-state index in [2.05, 4.69) is 0 Å². The fourth-order valence-electron chi connectivity index (χ4n) is 2.93. The molecule has 0 unspecified atom stereocenters. The highest BCUT2D eigenvalue weighted by atomic mass is 35.5. The maximum atomic E-state index is 12.8. The van der Waals surface area contributed by atoms with Crippen LogP contribution in [0.25, 0.3) is 0 Å². The number of thiophene rings is 1. The average Bonchev–Trinajstić information content (AvgIpc) is 3.15. The Morgan fingerprint density at radius 2 is 2.00 bits per heavy atom. The molecule has 1 aromatic heterocycles. The molecule has 0 N–H and O–H groups in total. The number of carbonyl (C=O) groups is 1. The Hall–Kier alpha value is -1.41. The zero-order valence-corrected chi connectivity index (χ0v) is 16.0. The highest BCUT2D eigenvalue weighted by Gasteiger charge is 2.32. The second kappa shape index (κ2) is 7.45. The molecule has 5 nitrogen and oxygen atoms in total. The van der Waals surface area contributed by atoms with Gasteiger partial charge in [0.25, 0.3) is 0 Å². The van der Waals surface area contributed by atoms with Crippen LogP contribution in [-0.4, -0.2) is 38.7 Å². The van der Waals surface area contributed by atoms with Crippen molar-refractivity contribution < 1.29 is 17.9 Å². The lowest BCUT2D eigenvalue weighted by molar-refractivity contribution is 0.0879. The van der Waals surface area contributed by atoms with Crippen molar-refractivity contribution in [3.63, 3.8) is 0 Å². The maximum absolute atomic E-state index is 12.8. The predicted molar refractivity (Wildman–Crippen MR) is 98.1 cm³/mol. The second-order valence-corrected chi connectivity index (χ2v) is 9.11. The van der Waals surface area contributed by atoms with E-state index in [1.165, 1.54) is 34.9 Å². The zero-order chi connectivity index (χ0) is 18.0. The van der Waals surface area contributed by atoms with E-state index >= 15 is 0 Å². The van der Waals surface area contributed by atoms with Crippen LogP contribution in [0.1, 0.15) is 22.5 Å². The Morgan fingerprint density at radius 1 is 1.28 bits per heavy atom. The van der Waals surface area contributed by atoms with Gasteiger partial charge in [0, 0.05) is 19.0 Å². The number of rotatable bonds is 5. The monoisotopic (exact) mass is 399 g/mol. The molecular formula is C17H18ClNO4S2. The quantitative estimate of drug-likeness (QED) is 0.719. The first-order chi connectivity index (χ1) is 11.9. The van der Waals surface area contributed by atoms with E-state index < -0.39 is 10.0 Å². The van der Waals surface area contributed by atoms with Crippen LogP contribution >= 0.6 is 22.9 Å². The number of ketones is 1. The largest absolute Gasteiger partial charge is 0.495 e. The second-order valence-electron chi connectivity index (χ2n) is 5.82. The summed E-state index contributed by atoms with van der Waals surface area (Å²) >= 11 is 7.47. The van der Waals surface area contributed by atoms with Gasteiger partial charge in [0.2, 0.25) is 10.0 Å². The van der Waals surface area contributed by atoms with Gasteiger partial charge in [-0.1, -0.05) is 17.7 Å². The Kier molecular flexibility index (Phi) is 5.48. The van der Waals surface area contributed by atoms with E-state index in [4.69, 9.17) is 16.3 Å². The Morgan fingerprint density at radius 3 is 2.56 bits per heavy atom. The van der Waals surface area contributed by atoms with Crippen molar-refractivity contribution in [1.82, 2.24) is 4.31 Å². The lowest BCUT2D eigenvalue weighted by Gasteiger charge is -2.30. The van der Waals surface area contributed by atoms with E-state index in [9.17, 15) is 13.2 Å². The SMILES string of the molecule is COc1ccc(S(=O)(=O)N2CCC(C(=O)c3cccs3)CC2)cc1Cl. The fraction of sp³-hybridized carbons (Fsp3) is 0.353. The van der Waals surface area contributed by atoms with Crippen LogP contribution in [0, 0.1) is 5.92 Å². The zero-order valence-electron chi connectivity index (χ0n) is 13.6. The molecule has 2 heterocycles. The topological polar surface area (TPSA) is 63.7 Å². The van der Waals surface area contributed by atoms with Crippen molar-refractivity contribution in [3.05, 3.63) is 45.6 Å². The number of hydrogen-bond acceptors (Lipinski definition) is 5. The predicted octanol–water partition coefficient (Wildman–Crippen LogP) is 3.69. The summed E-state index contributed by atoms with van der Waals surface area (Å²) in [4.78, 5) is 13.3. The van der Waals surface area contributed by atoms with Gasteiger partial charge >= 0.3 is 0 Å². The molecule has 134 valence electrons. The molecule has 1 aromatic carbocycles. The highest BCUT2D eigenvalue weighted by Crippen LogP contribution is 2.31. The molecule has 1 saturated heterocycles. The summed E-state index contributed by atoms with van der Waals surface area (Å²) in [5.41, 5.74) is 0. The van der Waals surface area contributed by atoms with Crippen LogP contribution in [0.4, 0.5) is 0 Å². The maximum Gasteiger partial charge on any atom is 0.243 e. The van der Waals surface area contributed by atoms with Gasteiger partial charge in [0.15, 0.2) is 5.78 Å². The molecule has 0 spiro atoms. The smallest absolute Gasteiger partial charge is 0.243 e. The van der Waals surface area contributed by atoms with E-state index in [1.807, 2.05) is 17.5 Å². The summed E-state index contributed by atoms with van der Waals surface area (Å²) < 4.78 is 32.1. The van der Waals surface area contributed by atoms with Crippen LogP contribution in [0.5, 0.6) is 5.75 Å². The molecule has 0 amide bonds. The molecule has 8 heteroatoms. The van der Waals surface area contributed by atoms with Gasteiger partial charge in [-0.2, -0.15) is 4.31 Å². The van der Waals surface area contributed by atoms with Crippen LogP contribution in [0.3, 0.4) is 0 Å². The van der Waals surface area contributed by atoms with Gasteiger partial charge in [-0.15, -0.1) is 11.3 Å². The first-order valence-corrected chi connectivity index (χ1v) is 10.5. The van der Waals surface area contributed by atoms with Crippen molar-refractivity contribution in [2.75, 3.05) is 20.2 Å². The summed E-state index contributed by atoms with van der Waals surface area (Å²) in [7, 11) is -2.15. The summed E-state index contributed by atoms with van der Waals surface area (Å²) in [5.74, 6) is 0.421. The molecule has 25 heavy (non-hydrogen) atoms. The van der Waals surface area contributed by atoms with Gasteiger partial charge < -0.3 is 4.74 Å². The molecule has 3 rings (SSSR count). The number of benzene rings is 1. The molecule has 0 saturated carbocycles. The van der Waals surface area contributed by atoms with Crippen LogP contribution in [0.15, 0.2) is 40.6 Å². The van der Waals surface area contributed by atoms with E-state index in [0.717, 1.165) is 4.88 Å². The molecule has 1 aliphatic heterocycles. The molecular weight excluding hydrogens is 382 g/mol. The number of Topliss-reactive ketones (excluding diaryl/α,β-unsaturated/α-hetero) is 1. The van der Waals surface area contributed by atoms with Crippen molar-refractivity contribution in [2.45, 2.75) is 17.7 Å². The van der Waals surface area contributed by atoms with Gasteiger partial charge in [-0.25, -0.2) is 8.42 Å². The fourth-order valence-corrected chi connectivity index (χ4v) is 5.50. The van der Waals surface area contributed by atoms with E-state index in [-0.39, 0.29) is 21.6 Å². The van der Waals surface area contributed by atoms with Crippen LogP contribution < -0.4 is 4.74 Å². The average molecular weight is 400 g/mol. The van der Waals surface area contributed by atoms with Crippen molar-refractivity contribution >= 4 is 38.7 Å². The van der Waals surface area contributed by atoms with Gasteiger partial charge in [-0.05, 0) is 42.5 Å². The number of carbonyl (C=O) groups excluding carboxylic acids is 1. The molecule has 2 aromatic rings. The standard InChI is InChI=1S/C17H18ClNO4S2/c1-23-15-5-4-13(11-14(15)18)25(21,22)19-8-6-12(7-9-19)17(20)16-3-2-10-24-16/h2-5,10-12H,6-9H2,1H3. The van der Waals surface area contributed by atoms with Crippen molar-refractivity contribution in [3.8, 4) is 5.75 Å². The normalized spacial score (nSPS) is 16.7. The van der Waals surface area contributed by atoms with E-state index in [1.54, 1.807) is 6.07 Å². The number of piperidine rings is 1. The van der Waals surface area contributed by atoms with E-state index in [0.29, 0.717) is 31.7 Å².